The number of hydrogen-bond acceptors (Lipinski definition) is 6. The van der Waals surface area contributed by atoms with Gasteiger partial charge in [-0.1, -0.05) is 29.3 Å². The molecule has 9 nitrogen and oxygen atoms in total. The van der Waals surface area contributed by atoms with E-state index in [1.165, 1.54) is 31.3 Å². The van der Waals surface area contributed by atoms with Crippen LogP contribution in [0.1, 0.15) is 33.3 Å². The van der Waals surface area contributed by atoms with Crippen LogP contribution >= 0.6 is 23.2 Å². The second-order valence-electron chi connectivity index (χ2n) is 9.44. The smallest absolute Gasteiger partial charge is 0.244 e. The quantitative estimate of drug-likeness (QED) is 0.458. The summed E-state index contributed by atoms with van der Waals surface area (Å²) in [6.45, 7) is 6.29. The minimum atomic E-state index is -3.95. The van der Waals surface area contributed by atoms with Gasteiger partial charge >= 0.3 is 0 Å². The molecule has 1 atom stereocenters. The molecule has 1 N–H and O–H groups in total. The molecule has 0 saturated carbocycles. The predicted octanol–water partition coefficient (Wildman–Crippen LogP) is 4.11. The third-order valence-corrected chi connectivity index (χ3v) is 7.23. The molecule has 0 spiro atoms. The Morgan fingerprint density at radius 3 is 2.14 bits per heavy atom. The van der Waals surface area contributed by atoms with Gasteiger partial charge in [-0.25, -0.2) is 8.42 Å². The zero-order valence-corrected chi connectivity index (χ0v) is 24.3. The Morgan fingerprint density at radius 1 is 1.05 bits per heavy atom. The van der Waals surface area contributed by atoms with Gasteiger partial charge in [-0.15, -0.1) is 0 Å². The van der Waals surface area contributed by atoms with Crippen molar-refractivity contribution >= 4 is 50.7 Å². The number of halogens is 2. The molecule has 0 aliphatic heterocycles. The minimum absolute atomic E-state index is 0.118. The fraction of sp³-hybridized carbons (Fsp3) is 0.440. The summed E-state index contributed by atoms with van der Waals surface area (Å²) < 4.78 is 37.1. The average molecular weight is 575 g/mol. The van der Waals surface area contributed by atoms with Crippen molar-refractivity contribution in [2.45, 2.75) is 45.8 Å². The molecule has 2 rings (SSSR count). The van der Waals surface area contributed by atoms with E-state index in [0.29, 0.717) is 21.4 Å². The van der Waals surface area contributed by atoms with Gasteiger partial charge in [0.1, 0.15) is 24.1 Å². The van der Waals surface area contributed by atoms with Gasteiger partial charge in [-0.05, 0) is 52.0 Å². The molecular weight excluding hydrogens is 541 g/mol. The van der Waals surface area contributed by atoms with E-state index in [1.807, 2.05) is 20.8 Å². The lowest BCUT2D eigenvalue weighted by Gasteiger charge is -2.33. The van der Waals surface area contributed by atoms with Gasteiger partial charge in [0, 0.05) is 33.8 Å². The lowest BCUT2D eigenvalue weighted by molar-refractivity contribution is -0.140. The summed E-state index contributed by atoms with van der Waals surface area (Å²) in [6, 6.07) is 8.49. The third kappa shape index (κ3) is 8.15. The first-order chi connectivity index (χ1) is 17.1. The summed E-state index contributed by atoms with van der Waals surface area (Å²) in [6.07, 6.45) is 0.981. The molecule has 0 saturated heterocycles. The maximum atomic E-state index is 13.7. The molecule has 37 heavy (non-hydrogen) atoms. The number of carbonyl (C=O) groups is 2. The van der Waals surface area contributed by atoms with Crippen molar-refractivity contribution in [1.29, 1.82) is 0 Å². The lowest BCUT2D eigenvalue weighted by Crippen LogP contribution is -2.54. The Hall–Kier alpha value is -2.69. The van der Waals surface area contributed by atoms with Crippen molar-refractivity contribution in [2.24, 2.45) is 0 Å². The zero-order valence-electron chi connectivity index (χ0n) is 22.0. The number of ether oxygens (including phenoxy) is 2. The standard InChI is InChI=1S/C25H33Cl2N3O6S/c1-16(24(32)28-25(2,3)4)29(14-18-19(26)9-8-10-20(18)27)23(31)15-30(37(7,33)34)21-12-11-17(35-5)13-22(21)36-6/h8-13,16H,14-15H2,1-7H3,(H,28,32)/t16-/m1/s1. The van der Waals surface area contributed by atoms with E-state index in [-0.39, 0.29) is 18.0 Å². The van der Waals surface area contributed by atoms with Crippen LogP contribution in [0.25, 0.3) is 0 Å². The molecule has 12 heteroatoms. The van der Waals surface area contributed by atoms with Crippen LogP contribution in [-0.2, 0) is 26.2 Å². The van der Waals surface area contributed by atoms with Gasteiger partial charge in [0.25, 0.3) is 0 Å². The van der Waals surface area contributed by atoms with Crippen LogP contribution in [0.15, 0.2) is 36.4 Å². The van der Waals surface area contributed by atoms with Gasteiger partial charge in [0.2, 0.25) is 21.8 Å². The highest BCUT2D eigenvalue weighted by Crippen LogP contribution is 2.34. The molecule has 0 fully saturated rings. The number of anilines is 1. The maximum Gasteiger partial charge on any atom is 0.244 e. The van der Waals surface area contributed by atoms with Crippen LogP contribution in [0.5, 0.6) is 11.5 Å². The molecule has 2 aromatic carbocycles. The average Bonchev–Trinajstić information content (AvgIpc) is 2.79. The van der Waals surface area contributed by atoms with E-state index in [2.05, 4.69) is 5.32 Å². The summed E-state index contributed by atoms with van der Waals surface area (Å²) in [5, 5.41) is 3.47. The van der Waals surface area contributed by atoms with E-state index in [4.69, 9.17) is 32.7 Å². The minimum Gasteiger partial charge on any atom is -0.497 e. The summed E-state index contributed by atoms with van der Waals surface area (Å²) in [4.78, 5) is 28.0. The van der Waals surface area contributed by atoms with Crippen molar-refractivity contribution in [3.63, 3.8) is 0 Å². The summed E-state index contributed by atoms with van der Waals surface area (Å²) in [7, 11) is -1.10. The van der Waals surface area contributed by atoms with Crippen molar-refractivity contribution in [1.82, 2.24) is 10.2 Å². The lowest BCUT2D eigenvalue weighted by atomic mass is 10.1. The summed E-state index contributed by atoms with van der Waals surface area (Å²) in [5.41, 5.74) is 0.0151. The second-order valence-corrected chi connectivity index (χ2v) is 12.2. The Bertz CT molecular complexity index is 1230. The van der Waals surface area contributed by atoms with Crippen molar-refractivity contribution in [2.75, 3.05) is 31.3 Å². The highest BCUT2D eigenvalue weighted by molar-refractivity contribution is 7.92. The van der Waals surface area contributed by atoms with Crippen LogP contribution in [0, 0.1) is 0 Å². The number of carbonyl (C=O) groups excluding carboxylic acids is 2. The number of sulfonamides is 1. The van der Waals surface area contributed by atoms with Gasteiger partial charge in [0.05, 0.1) is 26.2 Å². The number of methoxy groups -OCH3 is 2. The predicted molar refractivity (Wildman–Crippen MR) is 146 cm³/mol. The summed E-state index contributed by atoms with van der Waals surface area (Å²) in [5.74, 6) is -0.424. The number of rotatable bonds is 10. The summed E-state index contributed by atoms with van der Waals surface area (Å²) >= 11 is 12.7. The molecule has 2 aromatic rings. The van der Waals surface area contributed by atoms with Gasteiger partial charge < -0.3 is 19.7 Å². The molecule has 204 valence electrons. The van der Waals surface area contributed by atoms with Crippen LogP contribution in [0.2, 0.25) is 10.0 Å². The van der Waals surface area contributed by atoms with Gasteiger partial charge in [-0.3, -0.25) is 13.9 Å². The van der Waals surface area contributed by atoms with Crippen molar-refractivity contribution < 1.29 is 27.5 Å². The number of hydrogen-bond donors (Lipinski definition) is 1. The monoisotopic (exact) mass is 573 g/mol. The Balaban J connectivity index is 2.54. The molecule has 0 aliphatic rings. The fourth-order valence-electron chi connectivity index (χ4n) is 3.50. The SMILES string of the molecule is COc1ccc(N(CC(=O)N(Cc2c(Cl)cccc2Cl)[C@H](C)C(=O)NC(C)(C)C)S(C)(=O)=O)c(OC)c1. The number of nitrogens with zero attached hydrogens (tertiary/aromatic N) is 2. The van der Waals surface area contributed by atoms with Crippen molar-refractivity contribution in [3.8, 4) is 11.5 Å². The number of benzene rings is 2. The topological polar surface area (TPSA) is 105 Å². The van der Waals surface area contributed by atoms with E-state index in [0.717, 1.165) is 10.6 Å². The maximum absolute atomic E-state index is 13.7. The van der Waals surface area contributed by atoms with E-state index >= 15 is 0 Å². The van der Waals surface area contributed by atoms with Crippen LogP contribution in [0.3, 0.4) is 0 Å². The molecule has 0 heterocycles. The van der Waals surface area contributed by atoms with Gasteiger partial charge in [-0.2, -0.15) is 0 Å². The second kappa shape index (κ2) is 12.2. The van der Waals surface area contributed by atoms with Crippen LogP contribution < -0.4 is 19.1 Å². The molecule has 0 aliphatic carbocycles. The molecule has 2 amide bonds. The molecule has 0 unspecified atom stereocenters. The van der Waals surface area contributed by atoms with Gasteiger partial charge in [0.15, 0.2) is 0 Å². The Morgan fingerprint density at radius 2 is 1.65 bits per heavy atom. The first-order valence-corrected chi connectivity index (χ1v) is 13.9. The van der Waals surface area contributed by atoms with E-state index in [1.54, 1.807) is 31.2 Å². The molecule has 0 bridgehead atoms. The Labute approximate surface area is 228 Å². The van der Waals surface area contributed by atoms with E-state index in [9.17, 15) is 18.0 Å². The van der Waals surface area contributed by atoms with Crippen LogP contribution in [0.4, 0.5) is 5.69 Å². The molecule has 0 radical (unpaired) electrons. The molecule has 0 aromatic heterocycles. The highest BCUT2D eigenvalue weighted by Gasteiger charge is 2.33. The normalized spacial score (nSPS) is 12.5. The van der Waals surface area contributed by atoms with E-state index < -0.39 is 40.0 Å². The fourth-order valence-corrected chi connectivity index (χ4v) is 4.87. The number of nitrogens with one attached hydrogen (secondary N) is 1. The molecular formula is C25H33Cl2N3O6S. The van der Waals surface area contributed by atoms with Crippen molar-refractivity contribution in [3.05, 3.63) is 52.0 Å². The van der Waals surface area contributed by atoms with Crippen LogP contribution in [-0.4, -0.2) is 63.7 Å². The zero-order chi connectivity index (χ0) is 28.1. The largest absolute Gasteiger partial charge is 0.497 e. The number of amides is 2. The highest BCUT2D eigenvalue weighted by atomic mass is 35.5. The first kappa shape index (κ1) is 30.5. The Kier molecular flexibility index (Phi) is 10.1. The first-order valence-electron chi connectivity index (χ1n) is 11.3. The third-order valence-electron chi connectivity index (χ3n) is 5.39.